The van der Waals surface area contributed by atoms with Gasteiger partial charge in [-0.15, -0.1) is 5.10 Å². The Hall–Kier alpha value is -4.04. The molecule has 2 heterocycles. The lowest BCUT2D eigenvalue weighted by molar-refractivity contribution is 0.102. The first kappa shape index (κ1) is 21.2. The fourth-order valence-electron chi connectivity index (χ4n) is 3.21. The summed E-state index contributed by atoms with van der Waals surface area (Å²) in [5.74, 6) is -0.0707. The van der Waals surface area contributed by atoms with Gasteiger partial charge in [-0.2, -0.15) is 0 Å². The maximum absolute atomic E-state index is 12.9. The van der Waals surface area contributed by atoms with Crippen LogP contribution in [0.2, 0.25) is 0 Å². The van der Waals surface area contributed by atoms with Gasteiger partial charge in [0.25, 0.3) is 5.91 Å². The molecule has 8 nitrogen and oxygen atoms in total. The van der Waals surface area contributed by atoms with Crippen LogP contribution in [0.15, 0.2) is 72.9 Å². The number of nitrogens with zero attached hydrogens (tertiary/aromatic N) is 4. The number of anilines is 1. The number of carbonyl (C=O) groups excluding carboxylic acids is 1. The van der Waals surface area contributed by atoms with Crippen molar-refractivity contribution in [1.82, 2.24) is 20.0 Å². The Morgan fingerprint density at radius 3 is 2.47 bits per heavy atom. The second-order valence-corrected chi connectivity index (χ2v) is 7.00. The number of pyridine rings is 1. The Labute approximate surface area is 185 Å². The molecule has 8 heteroatoms. The number of aromatic nitrogens is 4. The molecule has 0 saturated carbocycles. The van der Waals surface area contributed by atoms with Crippen molar-refractivity contribution in [2.75, 3.05) is 25.6 Å². The van der Waals surface area contributed by atoms with Gasteiger partial charge >= 0.3 is 0 Å². The van der Waals surface area contributed by atoms with E-state index in [2.05, 4.69) is 32.7 Å². The Morgan fingerprint density at radius 1 is 0.969 bits per heavy atom. The summed E-state index contributed by atoms with van der Waals surface area (Å²) in [4.78, 5) is 17.0. The van der Waals surface area contributed by atoms with E-state index in [1.165, 1.54) is 0 Å². The first-order chi connectivity index (χ1) is 15.7. The summed E-state index contributed by atoms with van der Waals surface area (Å²) in [7, 11) is 1.59. The van der Waals surface area contributed by atoms with Crippen LogP contribution in [0.4, 0.5) is 5.69 Å². The Morgan fingerprint density at radius 2 is 1.72 bits per heavy atom. The highest BCUT2D eigenvalue weighted by Crippen LogP contribution is 2.23. The minimum Gasteiger partial charge on any atom is -0.474 e. The van der Waals surface area contributed by atoms with E-state index in [0.29, 0.717) is 30.5 Å². The molecule has 1 amide bonds. The van der Waals surface area contributed by atoms with Crippen LogP contribution >= 0.6 is 0 Å². The Bertz CT molecular complexity index is 1190. The number of hydrogen-bond acceptors (Lipinski definition) is 6. The third-order valence-electron chi connectivity index (χ3n) is 4.87. The molecule has 0 bridgehead atoms. The number of nitrogens with one attached hydrogen (secondary N) is 1. The fraction of sp³-hybridized carbons (Fsp3) is 0.167. The zero-order valence-electron chi connectivity index (χ0n) is 17.9. The molecule has 0 aliphatic rings. The summed E-state index contributed by atoms with van der Waals surface area (Å²) in [5.41, 5.74) is 4.36. The minimum atomic E-state index is -0.390. The number of carbonyl (C=O) groups is 1. The van der Waals surface area contributed by atoms with Gasteiger partial charge < -0.3 is 14.8 Å². The average Bonchev–Trinajstić information content (AvgIpc) is 3.22. The van der Waals surface area contributed by atoms with Gasteiger partial charge in [0.2, 0.25) is 5.88 Å². The highest BCUT2D eigenvalue weighted by atomic mass is 16.5. The van der Waals surface area contributed by atoms with E-state index >= 15 is 0 Å². The van der Waals surface area contributed by atoms with Crippen LogP contribution in [0, 0.1) is 6.92 Å². The van der Waals surface area contributed by atoms with Crippen molar-refractivity contribution in [3.63, 3.8) is 0 Å². The third kappa shape index (κ3) is 4.65. The van der Waals surface area contributed by atoms with Gasteiger partial charge in [-0.3, -0.25) is 4.79 Å². The van der Waals surface area contributed by atoms with E-state index < -0.39 is 0 Å². The predicted molar refractivity (Wildman–Crippen MR) is 121 cm³/mol. The van der Waals surface area contributed by atoms with Gasteiger partial charge in [0.05, 0.1) is 18.0 Å². The second-order valence-electron chi connectivity index (χ2n) is 7.00. The van der Waals surface area contributed by atoms with Gasteiger partial charge in [0, 0.05) is 13.3 Å². The van der Waals surface area contributed by atoms with E-state index in [1.807, 2.05) is 42.5 Å². The summed E-state index contributed by atoms with van der Waals surface area (Å²) in [5, 5.41) is 11.1. The van der Waals surface area contributed by atoms with Crippen LogP contribution in [-0.4, -0.2) is 46.2 Å². The third-order valence-corrected chi connectivity index (χ3v) is 4.87. The molecule has 2 aromatic carbocycles. The normalized spacial score (nSPS) is 10.7. The lowest BCUT2D eigenvalue weighted by atomic mass is 10.1. The lowest BCUT2D eigenvalue weighted by Gasteiger charge is -2.10. The van der Waals surface area contributed by atoms with Crippen LogP contribution in [0.1, 0.15) is 16.2 Å². The fourth-order valence-corrected chi connectivity index (χ4v) is 3.21. The summed E-state index contributed by atoms with van der Waals surface area (Å²) in [6.45, 7) is 2.55. The standard InChI is InChI=1S/C24H23N5O3/c1-17-22(23(30)26-21-9-6-14-25-24(21)32-16-15-31-2)27-28-29(17)20-12-10-19(11-13-20)18-7-4-3-5-8-18/h3-14H,15-16H2,1-2H3,(H,26,30). The average molecular weight is 429 g/mol. The molecule has 0 radical (unpaired) electrons. The van der Waals surface area contributed by atoms with Gasteiger partial charge in [-0.25, -0.2) is 9.67 Å². The molecular weight excluding hydrogens is 406 g/mol. The highest BCUT2D eigenvalue weighted by Gasteiger charge is 2.19. The van der Waals surface area contributed by atoms with Crippen molar-refractivity contribution in [2.24, 2.45) is 0 Å². The van der Waals surface area contributed by atoms with E-state index in [-0.39, 0.29) is 11.6 Å². The number of benzene rings is 2. The first-order valence-electron chi connectivity index (χ1n) is 10.1. The molecule has 32 heavy (non-hydrogen) atoms. The van der Waals surface area contributed by atoms with Crippen LogP contribution in [-0.2, 0) is 4.74 Å². The van der Waals surface area contributed by atoms with E-state index in [1.54, 1.807) is 37.0 Å². The molecule has 1 N–H and O–H groups in total. The maximum atomic E-state index is 12.9. The van der Waals surface area contributed by atoms with Crippen LogP contribution in [0.5, 0.6) is 5.88 Å². The van der Waals surface area contributed by atoms with Crippen LogP contribution in [0.25, 0.3) is 16.8 Å². The summed E-state index contributed by atoms with van der Waals surface area (Å²) >= 11 is 0. The molecule has 0 aliphatic heterocycles. The zero-order chi connectivity index (χ0) is 22.3. The van der Waals surface area contributed by atoms with Crippen molar-refractivity contribution in [1.29, 1.82) is 0 Å². The van der Waals surface area contributed by atoms with Crippen molar-refractivity contribution < 1.29 is 14.3 Å². The molecule has 0 spiro atoms. The van der Waals surface area contributed by atoms with Crippen molar-refractivity contribution in [3.05, 3.63) is 84.3 Å². The quantitative estimate of drug-likeness (QED) is 0.427. The molecule has 0 fully saturated rings. The summed E-state index contributed by atoms with van der Waals surface area (Å²) in [6, 6.07) is 21.5. The molecule has 2 aromatic heterocycles. The zero-order valence-corrected chi connectivity index (χ0v) is 17.9. The van der Waals surface area contributed by atoms with Crippen molar-refractivity contribution in [3.8, 4) is 22.7 Å². The minimum absolute atomic E-state index is 0.226. The van der Waals surface area contributed by atoms with Crippen molar-refractivity contribution in [2.45, 2.75) is 6.92 Å². The molecule has 0 unspecified atom stereocenters. The number of ether oxygens (including phenoxy) is 2. The van der Waals surface area contributed by atoms with Gasteiger partial charge in [0.1, 0.15) is 12.3 Å². The van der Waals surface area contributed by atoms with Gasteiger partial charge in [-0.05, 0) is 42.3 Å². The van der Waals surface area contributed by atoms with E-state index in [4.69, 9.17) is 9.47 Å². The van der Waals surface area contributed by atoms with Crippen LogP contribution in [0.3, 0.4) is 0 Å². The van der Waals surface area contributed by atoms with Crippen LogP contribution < -0.4 is 10.1 Å². The summed E-state index contributed by atoms with van der Waals surface area (Å²) < 4.78 is 12.2. The molecule has 0 saturated heterocycles. The number of hydrogen-bond donors (Lipinski definition) is 1. The van der Waals surface area contributed by atoms with Crippen molar-refractivity contribution >= 4 is 11.6 Å². The predicted octanol–water partition coefficient (Wildman–Crippen LogP) is 3.92. The largest absolute Gasteiger partial charge is 0.474 e. The molecule has 0 atom stereocenters. The van der Waals surface area contributed by atoms with Gasteiger partial charge in [0.15, 0.2) is 5.69 Å². The number of rotatable bonds is 8. The maximum Gasteiger partial charge on any atom is 0.278 e. The lowest BCUT2D eigenvalue weighted by Crippen LogP contribution is -2.16. The molecule has 0 aliphatic carbocycles. The van der Waals surface area contributed by atoms with Gasteiger partial charge in [-0.1, -0.05) is 47.7 Å². The summed E-state index contributed by atoms with van der Waals surface area (Å²) in [6.07, 6.45) is 1.60. The smallest absolute Gasteiger partial charge is 0.278 e. The SMILES string of the molecule is COCCOc1ncccc1NC(=O)c1nnn(-c2ccc(-c3ccccc3)cc2)c1C. The number of amides is 1. The molecule has 162 valence electrons. The topological polar surface area (TPSA) is 91.2 Å². The highest BCUT2D eigenvalue weighted by molar-refractivity contribution is 6.04. The monoisotopic (exact) mass is 429 g/mol. The second kappa shape index (κ2) is 9.84. The first-order valence-corrected chi connectivity index (χ1v) is 10.1. The molecular formula is C24H23N5O3. The number of methoxy groups -OCH3 is 1. The van der Waals surface area contributed by atoms with E-state index in [0.717, 1.165) is 16.8 Å². The molecule has 4 aromatic rings. The Kier molecular flexibility index (Phi) is 6.52. The van der Waals surface area contributed by atoms with E-state index in [9.17, 15) is 4.79 Å². The molecule has 4 rings (SSSR count). The Balaban J connectivity index is 1.51.